The molecule has 0 atom stereocenters. The van der Waals surface area contributed by atoms with Gasteiger partial charge in [-0.3, -0.25) is 0 Å². The van der Waals surface area contributed by atoms with E-state index >= 15 is 0 Å². The Hall–Kier alpha value is 3.39. The highest BCUT2D eigenvalue weighted by Gasteiger charge is 2.28. The molecule has 1 nitrogen and oxygen atoms in total. The quantitative estimate of drug-likeness (QED) is 0.217. The molecule has 0 heterocycles. The zero-order chi connectivity index (χ0) is 18.5. The number of hydrogen-bond donors (Lipinski definition) is 0. The number of benzene rings is 2. The molecule has 12 heteroatoms. The summed E-state index contributed by atoms with van der Waals surface area (Å²) in [4.78, 5) is 1.19. The van der Waals surface area contributed by atoms with Crippen LogP contribution in [-0.4, -0.2) is 4.21 Å². The van der Waals surface area contributed by atoms with Gasteiger partial charge in [-0.05, 0) is 159 Å². The van der Waals surface area contributed by atoms with Gasteiger partial charge in [0.2, 0.25) is 0 Å². The molecule has 130 valence electrons. The Bertz CT molecular complexity index is 765. The van der Waals surface area contributed by atoms with Crippen LogP contribution in [-0.2, 0) is 10.8 Å². The third-order valence-corrected chi connectivity index (χ3v) is 17.5. The first-order chi connectivity index (χ1) is 11.0. The summed E-state index contributed by atoms with van der Waals surface area (Å²) in [5, 5.41) is 0. The molecular formula is C12Br10OS. The molecule has 0 aromatic heterocycles. The van der Waals surface area contributed by atoms with Crippen LogP contribution in [0.2, 0.25) is 0 Å². The van der Waals surface area contributed by atoms with E-state index in [1.54, 1.807) is 0 Å². The average Bonchev–Trinajstić information content (AvgIpc) is 2.55. The summed E-state index contributed by atoms with van der Waals surface area (Å²) in [6, 6.07) is 0. The molecule has 0 saturated carbocycles. The van der Waals surface area contributed by atoms with E-state index in [9.17, 15) is 4.21 Å². The van der Waals surface area contributed by atoms with Crippen molar-refractivity contribution < 1.29 is 4.21 Å². The Morgan fingerprint density at radius 3 is 0.750 bits per heavy atom. The normalized spacial score (nSPS) is 11.5. The van der Waals surface area contributed by atoms with Gasteiger partial charge in [0.15, 0.2) is 0 Å². The maximum absolute atomic E-state index is 13.4. The summed E-state index contributed by atoms with van der Waals surface area (Å²) in [6.45, 7) is 0. The van der Waals surface area contributed by atoms with Crippen molar-refractivity contribution in [2.75, 3.05) is 0 Å². The van der Waals surface area contributed by atoms with Crippen LogP contribution in [0.1, 0.15) is 0 Å². The summed E-state index contributed by atoms with van der Waals surface area (Å²) >= 11 is 35.1. The van der Waals surface area contributed by atoms with E-state index in [4.69, 9.17) is 0 Å². The van der Waals surface area contributed by atoms with Crippen molar-refractivity contribution in [3.05, 3.63) is 44.7 Å². The van der Waals surface area contributed by atoms with Crippen molar-refractivity contribution in [1.29, 1.82) is 0 Å². The zero-order valence-corrected chi connectivity index (χ0v) is 27.3. The van der Waals surface area contributed by atoms with E-state index < -0.39 is 10.8 Å². The van der Waals surface area contributed by atoms with Crippen LogP contribution in [0.5, 0.6) is 0 Å². The summed E-state index contributed by atoms with van der Waals surface area (Å²) in [6.07, 6.45) is 0. The molecule has 0 aliphatic carbocycles. The largest absolute Gasteiger partial charge is 0.249 e. The van der Waals surface area contributed by atoms with Gasteiger partial charge in [0, 0.05) is 26.8 Å². The average molecular weight is 991 g/mol. The van der Waals surface area contributed by atoms with E-state index in [2.05, 4.69) is 159 Å². The van der Waals surface area contributed by atoms with Crippen LogP contribution in [0, 0.1) is 0 Å². The maximum Gasteiger partial charge on any atom is 0.0897 e. The molecule has 0 bridgehead atoms. The first-order valence-electron chi connectivity index (χ1n) is 5.46. The second-order valence-corrected chi connectivity index (χ2v) is 13.4. The fraction of sp³-hybridized carbons (Fsp3) is 0. The molecule has 24 heavy (non-hydrogen) atoms. The summed E-state index contributed by atoms with van der Waals surface area (Å²) in [5.41, 5.74) is 0. The van der Waals surface area contributed by atoms with Crippen molar-refractivity contribution in [3.63, 3.8) is 0 Å². The zero-order valence-electron chi connectivity index (χ0n) is 10.6. The fourth-order valence-electron chi connectivity index (χ4n) is 1.60. The van der Waals surface area contributed by atoms with Gasteiger partial charge in [0.1, 0.15) is 0 Å². The van der Waals surface area contributed by atoms with Crippen molar-refractivity contribution in [1.82, 2.24) is 0 Å². The van der Waals surface area contributed by atoms with Crippen LogP contribution in [0.25, 0.3) is 0 Å². The number of hydrogen-bond acceptors (Lipinski definition) is 1. The summed E-state index contributed by atoms with van der Waals surface area (Å²) in [5.74, 6) is 0. The molecule has 0 aliphatic heterocycles. The molecule has 0 aliphatic rings. The Kier molecular flexibility index (Phi) is 9.34. The van der Waals surface area contributed by atoms with Crippen LogP contribution in [0.4, 0.5) is 0 Å². The topological polar surface area (TPSA) is 17.1 Å². The first kappa shape index (κ1) is 23.7. The van der Waals surface area contributed by atoms with Crippen LogP contribution >= 0.6 is 159 Å². The Labute approximate surface area is 225 Å². The van der Waals surface area contributed by atoms with Gasteiger partial charge < -0.3 is 0 Å². The molecule has 0 N–H and O–H groups in total. The lowest BCUT2D eigenvalue weighted by atomic mass is 10.4. The predicted octanol–water partition coefficient (Wildman–Crippen LogP) is 10.5. The van der Waals surface area contributed by atoms with E-state index in [0.29, 0.717) is 27.7 Å². The summed E-state index contributed by atoms with van der Waals surface area (Å²) < 4.78 is 20.9. The van der Waals surface area contributed by atoms with Gasteiger partial charge in [0.25, 0.3) is 0 Å². The first-order valence-corrected chi connectivity index (χ1v) is 14.5. The van der Waals surface area contributed by atoms with Gasteiger partial charge in [-0.25, -0.2) is 4.21 Å². The van der Waals surface area contributed by atoms with Gasteiger partial charge in [-0.15, -0.1) is 0 Å². The van der Waals surface area contributed by atoms with Crippen molar-refractivity contribution in [3.8, 4) is 0 Å². The molecule has 0 radical (unpaired) electrons. The van der Waals surface area contributed by atoms with Crippen molar-refractivity contribution >= 4 is 170 Å². The molecular weight excluding hydrogens is 991 g/mol. The third kappa shape index (κ3) is 4.28. The fourth-order valence-corrected chi connectivity index (χ4v) is 11.2. The number of rotatable bonds is 2. The standard InChI is InChI=1S/C12Br10OS/c13-1-3(15)7(19)11(8(20)4(1)16)24(23)12-9(21)5(17)2(14)6(18)10(12)22. The monoisotopic (exact) mass is 981 g/mol. The van der Waals surface area contributed by atoms with Crippen LogP contribution in [0.3, 0.4) is 0 Å². The molecule has 2 aromatic carbocycles. The summed E-state index contributed by atoms with van der Waals surface area (Å²) in [7, 11) is -1.50. The molecule has 0 unspecified atom stereocenters. The highest BCUT2D eigenvalue weighted by atomic mass is 79.9. The minimum Gasteiger partial charge on any atom is -0.249 e. The second-order valence-electron chi connectivity index (χ2n) is 4.07. The smallest absolute Gasteiger partial charge is 0.0897 e. The van der Waals surface area contributed by atoms with Crippen LogP contribution < -0.4 is 0 Å². The van der Waals surface area contributed by atoms with E-state index in [1.165, 1.54) is 0 Å². The highest BCUT2D eigenvalue weighted by Crippen LogP contribution is 2.51. The lowest BCUT2D eigenvalue weighted by molar-refractivity contribution is 0.681. The minimum atomic E-state index is -1.50. The van der Waals surface area contributed by atoms with E-state index in [-0.39, 0.29) is 0 Å². The highest BCUT2D eigenvalue weighted by molar-refractivity contribution is 9.16. The SMILES string of the molecule is O=S(c1c(Br)c(Br)c(Br)c(Br)c1Br)c1c(Br)c(Br)c(Br)c(Br)c1Br. The number of halogens is 10. The Morgan fingerprint density at radius 1 is 0.375 bits per heavy atom. The molecule has 2 rings (SSSR count). The van der Waals surface area contributed by atoms with Crippen molar-refractivity contribution in [2.45, 2.75) is 9.79 Å². The van der Waals surface area contributed by atoms with E-state index in [1.807, 2.05) is 0 Å². The van der Waals surface area contributed by atoms with Gasteiger partial charge in [0.05, 0.1) is 38.5 Å². The molecule has 0 fully saturated rings. The predicted molar refractivity (Wildman–Crippen MR) is 135 cm³/mol. The molecule has 2 aromatic rings. The third-order valence-electron chi connectivity index (χ3n) is 2.71. The molecule has 0 spiro atoms. The van der Waals surface area contributed by atoms with E-state index in [0.717, 1.165) is 26.8 Å². The van der Waals surface area contributed by atoms with Gasteiger partial charge in [-0.2, -0.15) is 0 Å². The Balaban J connectivity index is 2.87. The lowest BCUT2D eigenvalue weighted by Gasteiger charge is -2.17. The minimum absolute atomic E-state index is 0.597. The lowest BCUT2D eigenvalue weighted by Crippen LogP contribution is -2.01. The van der Waals surface area contributed by atoms with Crippen LogP contribution in [0.15, 0.2) is 54.5 Å². The van der Waals surface area contributed by atoms with Gasteiger partial charge in [-0.1, -0.05) is 0 Å². The van der Waals surface area contributed by atoms with Gasteiger partial charge >= 0.3 is 0 Å². The molecule has 0 saturated heterocycles. The molecule has 0 amide bonds. The second kappa shape index (κ2) is 9.47. The van der Waals surface area contributed by atoms with Crippen molar-refractivity contribution in [2.24, 2.45) is 0 Å². The Morgan fingerprint density at radius 2 is 0.542 bits per heavy atom. The maximum atomic E-state index is 13.4.